The maximum Gasteiger partial charge on any atom is 0.226 e. The van der Waals surface area contributed by atoms with Gasteiger partial charge in [-0.2, -0.15) is 0 Å². The van der Waals surface area contributed by atoms with Gasteiger partial charge in [0.25, 0.3) is 0 Å². The highest BCUT2D eigenvalue weighted by atomic mass is 16.3. The minimum absolute atomic E-state index is 0.0505. The molecule has 1 saturated heterocycles. The number of hydrogen-bond donors (Lipinski definition) is 2. The number of aliphatic hydroxyl groups excluding tert-OH is 1. The van der Waals surface area contributed by atoms with Crippen molar-refractivity contribution in [3.8, 4) is 0 Å². The minimum Gasteiger partial charge on any atom is -0.396 e. The molecule has 1 amide bonds. The smallest absolute Gasteiger partial charge is 0.226 e. The number of amides is 1. The fraction of sp³-hybridized carbons (Fsp3) is 0.900. The highest BCUT2D eigenvalue weighted by Crippen LogP contribution is 2.17. The average molecular weight is 200 g/mol. The van der Waals surface area contributed by atoms with Crippen molar-refractivity contribution in [3.63, 3.8) is 0 Å². The van der Waals surface area contributed by atoms with Crippen molar-refractivity contribution in [2.45, 2.75) is 13.8 Å². The maximum atomic E-state index is 11.7. The van der Waals surface area contributed by atoms with Crippen LogP contribution in [0, 0.1) is 11.8 Å². The summed E-state index contributed by atoms with van der Waals surface area (Å²) in [7, 11) is 0. The van der Waals surface area contributed by atoms with Crippen LogP contribution in [0.2, 0.25) is 0 Å². The molecular formula is C10H20N2O2. The Kier molecular flexibility index (Phi) is 4.35. The first kappa shape index (κ1) is 11.5. The number of rotatable bonds is 5. The van der Waals surface area contributed by atoms with Crippen LogP contribution in [0.25, 0.3) is 0 Å². The Morgan fingerprint density at radius 3 is 2.79 bits per heavy atom. The molecule has 0 saturated carbocycles. The molecule has 1 aliphatic rings. The van der Waals surface area contributed by atoms with Crippen LogP contribution in [0.1, 0.15) is 13.8 Å². The summed E-state index contributed by atoms with van der Waals surface area (Å²) in [6, 6.07) is 0. The predicted molar refractivity (Wildman–Crippen MR) is 54.9 cm³/mol. The fourth-order valence-electron chi connectivity index (χ4n) is 1.63. The SMILES string of the molecule is CCNCC(C)C(=O)N1CC(CO)C1. The second-order valence-corrected chi connectivity index (χ2v) is 4.00. The Hall–Kier alpha value is -0.610. The van der Waals surface area contributed by atoms with E-state index in [9.17, 15) is 4.79 Å². The normalized spacial score (nSPS) is 19.2. The van der Waals surface area contributed by atoms with Crippen molar-refractivity contribution in [2.75, 3.05) is 32.8 Å². The molecule has 4 heteroatoms. The molecule has 2 N–H and O–H groups in total. The standard InChI is InChI=1S/C10H20N2O2/c1-3-11-4-8(2)10(14)12-5-9(6-12)7-13/h8-9,11,13H,3-7H2,1-2H3. The van der Waals surface area contributed by atoms with Gasteiger partial charge in [-0.15, -0.1) is 0 Å². The van der Waals surface area contributed by atoms with Crippen molar-refractivity contribution in [1.82, 2.24) is 10.2 Å². The monoisotopic (exact) mass is 200 g/mol. The van der Waals surface area contributed by atoms with Gasteiger partial charge in [0, 0.05) is 38.1 Å². The van der Waals surface area contributed by atoms with Gasteiger partial charge >= 0.3 is 0 Å². The van der Waals surface area contributed by atoms with Crippen LogP contribution < -0.4 is 5.32 Å². The van der Waals surface area contributed by atoms with Crippen LogP contribution in [0.3, 0.4) is 0 Å². The van der Waals surface area contributed by atoms with Crippen LogP contribution in [0.5, 0.6) is 0 Å². The molecule has 1 rings (SSSR count). The van der Waals surface area contributed by atoms with Crippen LogP contribution in [0.4, 0.5) is 0 Å². The molecule has 0 radical (unpaired) electrons. The molecule has 0 aromatic carbocycles. The van der Waals surface area contributed by atoms with Crippen LogP contribution in [-0.2, 0) is 4.79 Å². The first-order valence-electron chi connectivity index (χ1n) is 5.29. The summed E-state index contributed by atoms with van der Waals surface area (Å²) in [5.41, 5.74) is 0. The van der Waals surface area contributed by atoms with E-state index in [0.29, 0.717) is 5.92 Å². The van der Waals surface area contributed by atoms with E-state index in [1.165, 1.54) is 0 Å². The third kappa shape index (κ3) is 2.69. The molecule has 4 nitrogen and oxygen atoms in total. The van der Waals surface area contributed by atoms with Crippen molar-refractivity contribution < 1.29 is 9.90 Å². The first-order valence-corrected chi connectivity index (χ1v) is 5.29. The van der Waals surface area contributed by atoms with E-state index < -0.39 is 0 Å². The largest absolute Gasteiger partial charge is 0.396 e. The van der Waals surface area contributed by atoms with Gasteiger partial charge in [0.05, 0.1) is 0 Å². The van der Waals surface area contributed by atoms with Crippen LogP contribution >= 0.6 is 0 Å². The fourth-order valence-corrected chi connectivity index (χ4v) is 1.63. The lowest BCUT2D eigenvalue weighted by atomic mass is 9.98. The molecule has 1 aliphatic heterocycles. The Bertz CT molecular complexity index is 184. The van der Waals surface area contributed by atoms with Crippen LogP contribution in [0.15, 0.2) is 0 Å². The van der Waals surface area contributed by atoms with E-state index >= 15 is 0 Å². The number of likely N-dealkylation sites (tertiary alicyclic amines) is 1. The molecule has 0 bridgehead atoms. The zero-order valence-corrected chi connectivity index (χ0v) is 8.99. The topological polar surface area (TPSA) is 52.6 Å². The van der Waals surface area contributed by atoms with E-state index in [0.717, 1.165) is 26.2 Å². The molecule has 1 unspecified atom stereocenters. The predicted octanol–water partition coefficient (Wildman–Crippen LogP) is -0.317. The van der Waals surface area contributed by atoms with Gasteiger partial charge in [0.1, 0.15) is 0 Å². The summed E-state index contributed by atoms with van der Waals surface area (Å²) in [4.78, 5) is 13.5. The molecule has 1 fully saturated rings. The summed E-state index contributed by atoms with van der Waals surface area (Å²) in [6.07, 6.45) is 0. The maximum absolute atomic E-state index is 11.7. The van der Waals surface area contributed by atoms with Crippen molar-refractivity contribution in [3.05, 3.63) is 0 Å². The van der Waals surface area contributed by atoms with E-state index in [1.54, 1.807) is 0 Å². The lowest BCUT2D eigenvalue weighted by molar-refractivity contribution is -0.142. The second-order valence-electron chi connectivity index (χ2n) is 4.00. The number of aliphatic hydroxyl groups is 1. The Morgan fingerprint density at radius 1 is 1.64 bits per heavy atom. The Balaban J connectivity index is 2.21. The van der Waals surface area contributed by atoms with Gasteiger partial charge in [-0.05, 0) is 6.54 Å². The molecule has 82 valence electrons. The van der Waals surface area contributed by atoms with E-state index in [4.69, 9.17) is 5.11 Å². The van der Waals surface area contributed by atoms with Crippen molar-refractivity contribution >= 4 is 5.91 Å². The van der Waals surface area contributed by atoms with Gasteiger partial charge < -0.3 is 15.3 Å². The van der Waals surface area contributed by atoms with E-state index in [1.807, 2.05) is 18.7 Å². The summed E-state index contributed by atoms with van der Waals surface area (Å²) < 4.78 is 0. The number of carbonyl (C=O) groups is 1. The zero-order valence-electron chi connectivity index (χ0n) is 8.99. The molecule has 0 spiro atoms. The van der Waals surface area contributed by atoms with Gasteiger partial charge in [0.2, 0.25) is 5.91 Å². The molecule has 0 aromatic heterocycles. The Morgan fingerprint density at radius 2 is 2.29 bits per heavy atom. The van der Waals surface area contributed by atoms with Gasteiger partial charge in [-0.3, -0.25) is 4.79 Å². The summed E-state index contributed by atoms with van der Waals surface area (Å²) in [5, 5.41) is 12.0. The minimum atomic E-state index is 0.0505. The lowest BCUT2D eigenvalue weighted by Crippen LogP contribution is -2.53. The number of carbonyl (C=O) groups excluding carboxylic acids is 1. The first-order chi connectivity index (χ1) is 6.69. The quantitative estimate of drug-likeness (QED) is 0.639. The highest BCUT2D eigenvalue weighted by molar-refractivity contribution is 5.79. The van der Waals surface area contributed by atoms with E-state index in [-0.39, 0.29) is 18.4 Å². The summed E-state index contributed by atoms with van der Waals surface area (Å²) in [5.74, 6) is 0.565. The molecule has 14 heavy (non-hydrogen) atoms. The van der Waals surface area contributed by atoms with Crippen LogP contribution in [-0.4, -0.2) is 48.7 Å². The van der Waals surface area contributed by atoms with Crippen molar-refractivity contribution in [1.29, 1.82) is 0 Å². The Labute approximate surface area is 85.3 Å². The third-order valence-corrected chi connectivity index (χ3v) is 2.65. The number of hydrogen-bond acceptors (Lipinski definition) is 3. The zero-order chi connectivity index (χ0) is 10.6. The third-order valence-electron chi connectivity index (χ3n) is 2.65. The highest BCUT2D eigenvalue weighted by Gasteiger charge is 2.31. The number of nitrogens with one attached hydrogen (secondary N) is 1. The van der Waals surface area contributed by atoms with Gasteiger partial charge in [-0.25, -0.2) is 0 Å². The average Bonchev–Trinajstić information content (AvgIpc) is 2.12. The molecule has 1 heterocycles. The van der Waals surface area contributed by atoms with Gasteiger partial charge in [0.15, 0.2) is 0 Å². The second kappa shape index (κ2) is 5.32. The molecule has 0 aromatic rings. The van der Waals surface area contributed by atoms with Gasteiger partial charge in [-0.1, -0.05) is 13.8 Å². The molecular weight excluding hydrogens is 180 g/mol. The summed E-state index contributed by atoms with van der Waals surface area (Å²) >= 11 is 0. The van der Waals surface area contributed by atoms with E-state index in [2.05, 4.69) is 5.32 Å². The lowest BCUT2D eigenvalue weighted by Gasteiger charge is -2.39. The molecule has 1 atom stereocenters. The number of nitrogens with zero attached hydrogens (tertiary/aromatic N) is 1. The molecule has 0 aliphatic carbocycles. The summed E-state index contributed by atoms with van der Waals surface area (Å²) in [6.45, 7) is 7.27. The van der Waals surface area contributed by atoms with Crippen molar-refractivity contribution in [2.24, 2.45) is 11.8 Å².